The molecule has 0 aliphatic carbocycles. The Morgan fingerprint density at radius 1 is 1.11 bits per heavy atom. The van der Waals surface area contributed by atoms with E-state index in [2.05, 4.69) is 24.4 Å². The number of imidazole rings is 1. The lowest BCUT2D eigenvalue weighted by Gasteiger charge is -2.16. The second-order valence-corrected chi connectivity index (χ2v) is 6.83. The molecule has 1 aliphatic heterocycles. The van der Waals surface area contributed by atoms with Gasteiger partial charge in [-0.1, -0.05) is 0 Å². The first-order valence-corrected chi connectivity index (χ1v) is 9.05. The average molecular weight is 365 g/mol. The van der Waals surface area contributed by atoms with E-state index in [1.807, 2.05) is 36.7 Å². The molecule has 3 aromatic rings. The van der Waals surface area contributed by atoms with Gasteiger partial charge in [0.25, 0.3) is 0 Å². The number of nitrogens with zero attached hydrogens (tertiary/aromatic N) is 5. The Morgan fingerprint density at radius 3 is 2.70 bits per heavy atom. The number of aliphatic hydroxyl groups is 1. The maximum Gasteiger partial charge on any atom is 0.127 e. The van der Waals surface area contributed by atoms with Gasteiger partial charge in [-0.25, -0.2) is 4.98 Å². The Labute approximate surface area is 158 Å². The van der Waals surface area contributed by atoms with Crippen molar-refractivity contribution in [3.8, 4) is 11.4 Å². The van der Waals surface area contributed by atoms with Gasteiger partial charge in [0.1, 0.15) is 11.6 Å². The van der Waals surface area contributed by atoms with Gasteiger partial charge in [0.15, 0.2) is 0 Å². The van der Waals surface area contributed by atoms with Gasteiger partial charge in [0, 0.05) is 55.7 Å². The minimum absolute atomic E-state index is 0.158. The van der Waals surface area contributed by atoms with Gasteiger partial charge in [0.2, 0.25) is 0 Å². The molecule has 2 aromatic heterocycles. The highest BCUT2D eigenvalue weighted by Gasteiger charge is 2.32. The van der Waals surface area contributed by atoms with Crippen LogP contribution >= 0.6 is 0 Å². The van der Waals surface area contributed by atoms with E-state index in [0.29, 0.717) is 13.1 Å². The van der Waals surface area contributed by atoms with Crippen molar-refractivity contribution in [1.29, 1.82) is 0 Å². The molecule has 0 bridgehead atoms. The number of β-amino-alcohol motifs (C(OH)–C–C–N with tert-alkyl or cyclic N) is 1. The van der Waals surface area contributed by atoms with Crippen LogP contribution in [-0.4, -0.2) is 55.8 Å². The third-order valence-electron chi connectivity index (χ3n) is 5.00. The van der Waals surface area contributed by atoms with E-state index < -0.39 is 0 Å². The van der Waals surface area contributed by atoms with Crippen LogP contribution in [0.1, 0.15) is 11.5 Å². The number of benzene rings is 1. The Bertz CT molecular complexity index is 866. The lowest BCUT2D eigenvalue weighted by atomic mass is 10.0. The normalized spacial score (nSPS) is 20.1. The van der Waals surface area contributed by atoms with Crippen molar-refractivity contribution >= 4 is 0 Å². The van der Waals surface area contributed by atoms with Crippen LogP contribution < -0.4 is 4.74 Å². The van der Waals surface area contributed by atoms with E-state index in [-0.39, 0.29) is 12.0 Å². The summed E-state index contributed by atoms with van der Waals surface area (Å²) in [7, 11) is 1.66. The maximum atomic E-state index is 10.5. The fourth-order valence-corrected chi connectivity index (χ4v) is 3.60. The van der Waals surface area contributed by atoms with E-state index in [1.165, 1.54) is 0 Å². The van der Waals surface area contributed by atoms with E-state index >= 15 is 0 Å². The zero-order valence-corrected chi connectivity index (χ0v) is 15.3. The van der Waals surface area contributed by atoms with Crippen molar-refractivity contribution in [2.45, 2.75) is 19.1 Å². The number of hydrogen-bond donors (Lipinski definition) is 1. The fourth-order valence-electron chi connectivity index (χ4n) is 3.60. The molecule has 3 heterocycles. The van der Waals surface area contributed by atoms with E-state index in [4.69, 9.17) is 4.74 Å². The van der Waals surface area contributed by atoms with E-state index in [9.17, 15) is 5.11 Å². The summed E-state index contributed by atoms with van der Waals surface area (Å²) in [5.41, 5.74) is 1.96. The smallest absolute Gasteiger partial charge is 0.127 e. The van der Waals surface area contributed by atoms with Crippen LogP contribution in [0.5, 0.6) is 5.75 Å². The first kappa shape index (κ1) is 17.6. The number of aliphatic hydroxyl groups excluding tert-OH is 1. The minimum Gasteiger partial charge on any atom is -0.497 e. The molecule has 1 fully saturated rings. The Kier molecular flexibility index (Phi) is 5.13. The van der Waals surface area contributed by atoms with Crippen molar-refractivity contribution in [3.63, 3.8) is 0 Å². The average Bonchev–Trinajstić information content (AvgIpc) is 3.29. The summed E-state index contributed by atoms with van der Waals surface area (Å²) < 4.78 is 7.30. The van der Waals surface area contributed by atoms with Gasteiger partial charge in [-0.05, 0) is 30.7 Å². The van der Waals surface area contributed by atoms with Gasteiger partial charge in [-0.3, -0.25) is 14.9 Å². The van der Waals surface area contributed by atoms with Crippen molar-refractivity contribution in [1.82, 2.24) is 24.4 Å². The molecule has 7 nitrogen and oxygen atoms in total. The molecule has 140 valence electrons. The zero-order chi connectivity index (χ0) is 18.6. The van der Waals surface area contributed by atoms with Crippen LogP contribution in [-0.2, 0) is 13.0 Å². The van der Waals surface area contributed by atoms with Crippen LogP contribution in [0, 0.1) is 5.92 Å². The molecular weight excluding hydrogens is 342 g/mol. The summed E-state index contributed by atoms with van der Waals surface area (Å²) in [6.07, 6.45) is 9.27. The number of hydrogen-bond acceptors (Lipinski definition) is 6. The summed E-state index contributed by atoms with van der Waals surface area (Å²) in [5.74, 6) is 1.94. The van der Waals surface area contributed by atoms with Crippen LogP contribution in [0.3, 0.4) is 0 Å². The molecule has 27 heavy (non-hydrogen) atoms. The van der Waals surface area contributed by atoms with E-state index in [0.717, 1.165) is 35.9 Å². The first-order chi connectivity index (χ1) is 13.2. The lowest BCUT2D eigenvalue weighted by Crippen LogP contribution is -2.23. The molecular formula is C20H23N5O2. The molecule has 1 aliphatic rings. The van der Waals surface area contributed by atoms with Crippen LogP contribution in [0.4, 0.5) is 0 Å². The SMILES string of the molecule is COc1ccc(-n2ccnc2CN2C[C@@H](Cc3cnccn3)[C@H](O)C2)cc1. The van der Waals surface area contributed by atoms with Crippen molar-refractivity contribution < 1.29 is 9.84 Å². The van der Waals surface area contributed by atoms with Gasteiger partial charge in [-0.15, -0.1) is 0 Å². The third kappa shape index (κ3) is 3.99. The first-order valence-electron chi connectivity index (χ1n) is 9.05. The molecule has 1 aromatic carbocycles. The Balaban J connectivity index is 1.43. The van der Waals surface area contributed by atoms with Crippen LogP contribution in [0.25, 0.3) is 5.69 Å². The molecule has 7 heteroatoms. The van der Waals surface area contributed by atoms with Gasteiger partial charge in [-0.2, -0.15) is 0 Å². The minimum atomic E-state index is -0.364. The fraction of sp³-hybridized carbons (Fsp3) is 0.350. The topological polar surface area (TPSA) is 76.3 Å². The van der Waals surface area contributed by atoms with Crippen LogP contribution in [0.2, 0.25) is 0 Å². The molecule has 0 amide bonds. The second-order valence-electron chi connectivity index (χ2n) is 6.83. The van der Waals surface area contributed by atoms with Crippen molar-refractivity contribution in [3.05, 3.63) is 66.8 Å². The highest BCUT2D eigenvalue weighted by Crippen LogP contribution is 2.23. The predicted molar refractivity (Wildman–Crippen MR) is 101 cm³/mol. The zero-order valence-electron chi connectivity index (χ0n) is 15.3. The number of ether oxygens (including phenoxy) is 1. The number of methoxy groups -OCH3 is 1. The highest BCUT2D eigenvalue weighted by molar-refractivity contribution is 5.38. The molecule has 0 unspecified atom stereocenters. The van der Waals surface area contributed by atoms with Crippen LogP contribution in [0.15, 0.2) is 55.2 Å². The second kappa shape index (κ2) is 7.85. The molecule has 0 saturated carbocycles. The maximum absolute atomic E-state index is 10.5. The summed E-state index contributed by atoms with van der Waals surface area (Å²) in [6.45, 7) is 2.14. The molecule has 1 saturated heterocycles. The molecule has 0 spiro atoms. The highest BCUT2D eigenvalue weighted by atomic mass is 16.5. The van der Waals surface area contributed by atoms with Crippen molar-refractivity contribution in [2.24, 2.45) is 5.92 Å². The van der Waals surface area contributed by atoms with Gasteiger partial charge >= 0.3 is 0 Å². The van der Waals surface area contributed by atoms with E-state index in [1.54, 1.807) is 25.7 Å². The quantitative estimate of drug-likeness (QED) is 0.717. The lowest BCUT2D eigenvalue weighted by molar-refractivity contribution is 0.140. The monoisotopic (exact) mass is 365 g/mol. The summed E-state index contributed by atoms with van der Waals surface area (Å²) in [6, 6.07) is 7.91. The Morgan fingerprint density at radius 2 is 1.96 bits per heavy atom. The summed E-state index contributed by atoms with van der Waals surface area (Å²) in [5, 5.41) is 10.5. The van der Waals surface area contributed by atoms with Gasteiger partial charge in [0.05, 0.1) is 25.5 Å². The molecule has 1 N–H and O–H groups in total. The predicted octanol–water partition coefficient (Wildman–Crippen LogP) is 1.71. The number of likely N-dealkylation sites (tertiary alicyclic amines) is 1. The number of rotatable bonds is 6. The Hall–Kier alpha value is -2.77. The van der Waals surface area contributed by atoms with Gasteiger partial charge < -0.3 is 14.4 Å². The number of aromatic nitrogens is 4. The summed E-state index contributed by atoms with van der Waals surface area (Å²) in [4.78, 5) is 15.2. The third-order valence-corrected chi connectivity index (χ3v) is 5.00. The molecule has 2 atom stereocenters. The molecule has 4 rings (SSSR count). The summed E-state index contributed by atoms with van der Waals surface area (Å²) >= 11 is 0. The standard InChI is InChI=1S/C20H23N5O2/c1-27-18-4-2-17(3-5-18)25-9-8-23-20(25)14-24-12-15(19(26)13-24)10-16-11-21-6-7-22-16/h2-9,11,15,19,26H,10,12-14H2,1H3/t15-,19-/m1/s1. The van der Waals surface area contributed by atoms with Crippen molar-refractivity contribution in [2.75, 3.05) is 20.2 Å². The molecule has 0 radical (unpaired) electrons. The largest absolute Gasteiger partial charge is 0.497 e.